The van der Waals surface area contributed by atoms with E-state index in [2.05, 4.69) is 20.8 Å². The van der Waals surface area contributed by atoms with E-state index in [4.69, 9.17) is 0 Å². The van der Waals surface area contributed by atoms with Crippen LogP contribution in [0.25, 0.3) is 0 Å². The summed E-state index contributed by atoms with van der Waals surface area (Å²) >= 11 is 0. The van der Waals surface area contributed by atoms with Gasteiger partial charge in [-0.25, -0.2) is 4.79 Å². The highest BCUT2D eigenvalue weighted by molar-refractivity contribution is 6.08. The number of H-pyrrole nitrogens is 1. The third kappa shape index (κ3) is 3.44. The van der Waals surface area contributed by atoms with E-state index in [-0.39, 0.29) is 18.5 Å². The number of nitrogens with one attached hydrogen (secondary N) is 3. The van der Waals surface area contributed by atoms with Crippen molar-refractivity contribution in [3.63, 3.8) is 0 Å². The third-order valence-electron chi connectivity index (χ3n) is 3.43. The molecule has 4 amide bonds. The van der Waals surface area contributed by atoms with E-state index in [1.165, 1.54) is 0 Å². The predicted octanol–water partition coefficient (Wildman–Crippen LogP) is 0.0957. The summed E-state index contributed by atoms with van der Waals surface area (Å²) in [5, 5.41) is 12.2. The standard InChI is InChI=1S/C14H21N5O3/c1-8(5-10-6-9(2)17-18-10)15-11(20)7-19-12(21)14(3,4)16-13(19)22/h6,8H,5,7H2,1-4H3,(H,15,20)(H,16,22)(H,17,18). The molecule has 1 aromatic rings. The lowest BCUT2D eigenvalue weighted by molar-refractivity contribution is -0.134. The van der Waals surface area contributed by atoms with E-state index in [0.29, 0.717) is 6.42 Å². The van der Waals surface area contributed by atoms with Gasteiger partial charge in [-0.3, -0.25) is 19.6 Å². The number of hydrogen-bond acceptors (Lipinski definition) is 4. The Morgan fingerprint density at radius 2 is 2.14 bits per heavy atom. The van der Waals surface area contributed by atoms with Crippen LogP contribution in [0.15, 0.2) is 6.07 Å². The molecule has 8 nitrogen and oxygen atoms in total. The van der Waals surface area contributed by atoms with Gasteiger partial charge in [0.05, 0.1) is 5.69 Å². The summed E-state index contributed by atoms with van der Waals surface area (Å²) in [5.74, 6) is -0.774. The van der Waals surface area contributed by atoms with E-state index < -0.39 is 17.5 Å². The van der Waals surface area contributed by atoms with Gasteiger partial charge in [0.1, 0.15) is 12.1 Å². The molecule has 2 rings (SSSR count). The van der Waals surface area contributed by atoms with Crippen molar-refractivity contribution in [2.45, 2.75) is 45.7 Å². The third-order valence-corrected chi connectivity index (χ3v) is 3.43. The molecule has 1 fully saturated rings. The number of urea groups is 1. The first kappa shape index (κ1) is 16.0. The van der Waals surface area contributed by atoms with Crippen LogP contribution in [-0.4, -0.2) is 51.1 Å². The van der Waals surface area contributed by atoms with Crippen LogP contribution < -0.4 is 10.6 Å². The highest BCUT2D eigenvalue weighted by atomic mass is 16.2. The normalized spacial score (nSPS) is 18.3. The van der Waals surface area contributed by atoms with Crippen molar-refractivity contribution in [2.75, 3.05) is 6.54 Å². The van der Waals surface area contributed by atoms with Gasteiger partial charge in [0.2, 0.25) is 5.91 Å². The molecule has 3 N–H and O–H groups in total. The van der Waals surface area contributed by atoms with Gasteiger partial charge in [-0.1, -0.05) is 0 Å². The SMILES string of the molecule is Cc1cc(CC(C)NC(=O)CN2C(=O)NC(C)(C)C2=O)n[nH]1. The summed E-state index contributed by atoms with van der Waals surface area (Å²) in [5.41, 5.74) is 0.840. The minimum Gasteiger partial charge on any atom is -0.352 e. The van der Waals surface area contributed by atoms with E-state index >= 15 is 0 Å². The second-order valence-electron chi connectivity index (χ2n) is 6.16. The molecule has 8 heteroatoms. The van der Waals surface area contributed by atoms with E-state index in [0.717, 1.165) is 16.3 Å². The molecule has 0 aliphatic carbocycles. The Labute approximate surface area is 128 Å². The molecule has 120 valence electrons. The van der Waals surface area contributed by atoms with E-state index in [1.807, 2.05) is 19.9 Å². The van der Waals surface area contributed by atoms with Crippen molar-refractivity contribution in [3.8, 4) is 0 Å². The summed E-state index contributed by atoms with van der Waals surface area (Å²) in [6.07, 6.45) is 0.571. The topological polar surface area (TPSA) is 107 Å². The predicted molar refractivity (Wildman–Crippen MR) is 79.0 cm³/mol. The lowest BCUT2D eigenvalue weighted by Crippen LogP contribution is -2.45. The molecule has 2 heterocycles. The molecule has 1 aromatic heterocycles. The van der Waals surface area contributed by atoms with Gasteiger partial charge in [0, 0.05) is 18.2 Å². The molecular weight excluding hydrogens is 286 g/mol. The molecule has 1 saturated heterocycles. The minimum absolute atomic E-state index is 0.149. The summed E-state index contributed by atoms with van der Waals surface area (Å²) in [6, 6.07) is 1.22. The molecule has 1 aliphatic heterocycles. The van der Waals surface area contributed by atoms with Crippen LogP contribution in [0.1, 0.15) is 32.2 Å². The van der Waals surface area contributed by atoms with Gasteiger partial charge in [-0.2, -0.15) is 5.10 Å². The quantitative estimate of drug-likeness (QED) is 0.670. The number of aromatic nitrogens is 2. The zero-order chi connectivity index (χ0) is 16.5. The first-order chi connectivity index (χ1) is 10.2. The maximum atomic E-state index is 12.0. The number of nitrogens with zero attached hydrogens (tertiary/aromatic N) is 2. The van der Waals surface area contributed by atoms with Crippen LogP contribution in [0.2, 0.25) is 0 Å². The van der Waals surface area contributed by atoms with Gasteiger partial charge in [0.15, 0.2) is 0 Å². The van der Waals surface area contributed by atoms with Crippen molar-refractivity contribution >= 4 is 17.8 Å². The Bertz CT molecular complexity index is 607. The fourth-order valence-corrected chi connectivity index (χ4v) is 2.37. The van der Waals surface area contributed by atoms with Crippen LogP contribution in [0.4, 0.5) is 4.79 Å². The summed E-state index contributed by atoms with van der Waals surface area (Å²) in [4.78, 5) is 36.6. The maximum Gasteiger partial charge on any atom is 0.325 e. The minimum atomic E-state index is -0.963. The van der Waals surface area contributed by atoms with Gasteiger partial charge in [0.25, 0.3) is 5.91 Å². The van der Waals surface area contributed by atoms with Crippen LogP contribution in [0, 0.1) is 6.92 Å². The maximum absolute atomic E-state index is 12.0. The molecule has 22 heavy (non-hydrogen) atoms. The number of hydrogen-bond donors (Lipinski definition) is 3. The first-order valence-electron chi connectivity index (χ1n) is 7.13. The molecule has 0 saturated carbocycles. The van der Waals surface area contributed by atoms with Crippen molar-refractivity contribution in [3.05, 3.63) is 17.5 Å². The molecule has 1 aliphatic rings. The molecule has 1 atom stereocenters. The van der Waals surface area contributed by atoms with Crippen LogP contribution in [0.5, 0.6) is 0 Å². The van der Waals surface area contributed by atoms with Crippen molar-refractivity contribution in [2.24, 2.45) is 0 Å². The number of carbonyl (C=O) groups excluding carboxylic acids is 3. The molecule has 0 bridgehead atoms. The average molecular weight is 307 g/mol. The van der Waals surface area contributed by atoms with Crippen LogP contribution >= 0.6 is 0 Å². The number of aromatic amines is 1. The second kappa shape index (κ2) is 5.78. The molecule has 1 unspecified atom stereocenters. The van der Waals surface area contributed by atoms with E-state index in [1.54, 1.807) is 13.8 Å². The smallest absolute Gasteiger partial charge is 0.325 e. The molecule has 0 aromatic carbocycles. The summed E-state index contributed by atoms with van der Waals surface area (Å²) in [6.45, 7) is 6.68. The lowest BCUT2D eigenvalue weighted by Gasteiger charge is -2.17. The van der Waals surface area contributed by atoms with E-state index in [9.17, 15) is 14.4 Å². The zero-order valence-corrected chi connectivity index (χ0v) is 13.2. The largest absolute Gasteiger partial charge is 0.352 e. The van der Waals surface area contributed by atoms with Gasteiger partial charge < -0.3 is 10.6 Å². The van der Waals surface area contributed by atoms with Crippen LogP contribution in [0.3, 0.4) is 0 Å². The Morgan fingerprint density at radius 1 is 1.45 bits per heavy atom. The second-order valence-corrected chi connectivity index (χ2v) is 6.16. The van der Waals surface area contributed by atoms with Gasteiger partial charge in [-0.05, 0) is 33.8 Å². The average Bonchev–Trinajstić information content (AvgIpc) is 2.86. The number of carbonyl (C=O) groups is 3. The van der Waals surface area contributed by atoms with Crippen molar-refractivity contribution in [1.82, 2.24) is 25.7 Å². The number of amides is 4. The highest BCUT2D eigenvalue weighted by Gasteiger charge is 2.44. The summed E-state index contributed by atoms with van der Waals surface area (Å²) in [7, 11) is 0. The Balaban J connectivity index is 1.87. The first-order valence-corrected chi connectivity index (χ1v) is 7.13. The highest BCUT2D eigenvalue weighted by Crippen LogP contribution is 2.16. The molecule has 0 spiro atoms. The monoisotopic (exact) mass is 307 g/mol. The summed E-state index contributed by atoms with van der Waals surface area (Å²) < 4.78 is 0. The van der Waals surface area contributed by atoms with Crippen LogP contribution in [-0.2, 0) is 16.0 Å². The fraction of sp³-hybridized carbons (Fsp3) is 0.571. The van der Waals surface area contributed by atoms with Gasteiger partial charge in [-0.15, -0.1) is 0 Å². The molecule has 0 radical (unpaired) electrons. The Hall–Kier alpha value is -2.38. The Morgan fingerprint density at radius 3 is 2.64 bits per heavy atom. The number of aryl methyl sites for hydroxylation is 1. The van der Waals surface area contributed by atoms with Crippen molar-refractivity contribution < 1.29 is 14.4 Å². The molecular formula is C14H21N5O3. The number of imide groups is 1. The Kier molecular flexibility index (Phi) is 4.20. The lowest BCUT2D eigenvalue weighted by atomic mass is 10.1. The van der Waals surface area contributed by atoms with Crippen molar-refractivity contribution in [1.29, 1.82) is 0 Å². The van der Waals surface area contributed by atoms with Gasteiger partial charge >= 0.3 is 6.03 Å². The number of rotatable bonds is 5. The zero-order valence-electron chi connectivity index (χ0n) is 13.2. The fourth-order valence-electron chi connectivity index (χ4n) is 2.37.